The van der Waals surface area contributed by atoms with Crippen LogP contribution in [0.4, 0.5) is 24.8 Å². The molecule has 0 aliphatic carbocycles. The first kappa shape index (κ1) is 17.0. The molecule has 1 aromatic heterocycles. The zero-order valence-electron chi connectivity index (χ0n) is 11.8. The fraction of sp³-hybridized carbons (Fsp3) is 0.545. The van der Waals surface area contributed by atoms with Gasteiger partial charge in [-0.3, -0.25) is 4.79 Å². The molecule has 0 aliphatic rings. The Morgan fingerprint density at radius 3 is 2.33 bits per heavy atom. The van der Waals surface area contributed by atoms with E-state index in [2.05, 4.69) is 20.6 Å². The normalized spacial score (nSPS) is 12.0. The summed E-state index contributed by atoms with van der Waals surface area (Å²) in [7, 11) is 1.48. The molecule has 1 aromatic rings. The highest BCUT2D eigenvalue weighted by Gasteiger charge is 2.35. The van der Waals surface area contributed by atoms with Crippen LogP contribution in [0.25, 0.3) is 0 Å². The summed E-state index contributed by atoms with van der Waals surface area (Å²) in [6.45, 7) is 3.38. The second-order valence-electron chi connectivity index (χ2n) is 4.92. The third-order valence-corrected chi connectivity index (χ3v) is 2.68. The van der Waals surface area contributed by atoms with E-state index in [1.165, 1.54) is 13.1 Å². The van der Waals surface area contributed by atoms with Gasteiger partial charge in [-0.05, 0) is 13.8 Å². The molecule has 1 heterocycles. The van der Waals surface area contributed by atoms with E-state index in [0.29, 0.717) is 0 Å². The van der Waals surface area contributed by atoms with Crippen LogP contribution >= 0.6 is 0 Å². The first-order valence-corrected chi connectivity index (χ1v) is 5.99. The van der Waals surface area contributed by atoms with Crippen molar-refractivity contribution >= 4 is 17.5 Å². The van der Waals surface area contributed by atoms with Crippen molar-refractivity contribution in [2.75, 3.05) is 24.3 Å². The summed E-state index contributed by atoms with van der Waals surface area (Å²) in [5.74, 6) is 3.25. The number of amides is 1. The molecule has 0 fully saturated rings. The van der Waals surface area contributed by atoms with Crippen molar-refractivity contribution in [3.63, 3.8) is 0 Å². The average Bonchev–Trinajstić information content (AvgIpc) is 2.42. The Kier molecular flexibility index (Phi) is 4.94. The number of halogens is 3. The van der Waals surface area contributed by atoms with Gasteiger partial charge < -0.3 is 16.1 Å². The molecule has 0 bridgehead atoms. The van der Waals surface area contributed by atoms with Gasteiger partial charge in [0.05, 0.1) is 5.41 Å². The van der Waals surface area contributed by atoms with Crippen molar-refractivity contribution in [1.82, 2.24) is 15.3 Å². The number of nitrogen functional groups attached to an aromatic ring is 1. The molecule has 0 radical (unpaired) electrons. The zero-order chi connectivity index (χ0) is 16.3. The summed E-state index contributed by atoms with van der Waals surface area (Å²) in [6.07, 6.45) is -4.69. The number of hydrogen-bond donors (Lipinski definition) is 4. The summed E-state index contributed by atoms with van der Waals surface area (Å²) < 4.78 is 38.0. The van der Waals surface area contributed by atoms with Gasteiger partial charge in [0.1, 0.15) is 11.6 Å². The van der Waals surface area contributed by atoms with Gasteiger partial charge >= 0.3 is 6.18 Å². The second-order valence-corrected chi connectivity index (χ2v) is 4.92. The molecule has 0 unspecified atom stereocenters. The Labute approximate surface area is 119 Å². The number of hydrogen-bond acceptors (Lipinski definition) is 6. The maximum Gasteiger partial charge on any atom is 0.451 e. The Balaban J connectivity index is 2.96. The molecule has 7 nitrogen and oxygen atoms in total. The molecule has 118 valence electrons. The van der Waals surface area contributed by atoms with E-state index in [-0.39, 0.29) is 24.1 Å². The summed E-state index contributed by atoms with van der Waals surface area (Å²) in [4.78, 5) is 18.2. The quantitative estimate of drug-likeness (QED) is 0.477. The van der Waals surface area contributed by atoms with E-state index < -0.39 is 17.4 Å². The number of anilines is 2. The molecule has 0 saturated carbocycles. The summed E-state index contributed by atoms with van der Waals surface area (Å²) in [6, 6.07) is 1.22. The summed E-state index contributed by atoms with van der Waals surface area (Å²) >= 11 is 0. The lowest BCUT2D eigenvalue weighted by Crippen LogP contribution is -2.39. The van der Waals surface area contributed by atoms with E-state index in [9.17, 15) is 18.0 Å². The molecule has 0 aromatic carbocycles. The predicted molar refractivity (Wildman–Crippen MR) is 71.2 cm³/mol. The number of nitrogens with zero attached hydrogens (tertiary/aromatic N) is 2. The standard InChI is InChI=1S/C11H17F3N6O/c1-10(2,9(21)16-3)5-17-6-4-7(20-15)19-8(18-6)11(12,13)14/h4H,5,15H2,1-3H3,(H,16,21)(H2,17,18,19,20). The van der Waals surface area contributed by atoms with Crippen LogP contribution in [0.5, 0.6) is 0 Å². The smallest absolute Gasteiger partial charge is 0.369 e. The fourth-order valence-corrected chi connectivity index (χ4v) is 1.47. The molecule has 0 aliphatic heterocycles. The number of nitrogens with two attached hydrogens (primary N) is 1. The van der Waals surface area contributed by atoms with Gasteiger partial charge in [-0.2, -0.15) is 13.2 Å². The molecular weight excluding hydrogens is 289 g/mol. The van der Waals surface area contributed by atoms with Crippen LogP contribution in [-0.2, 0) is 11.0 Å². The molecular formula is C11H17F3N6O. The Bertz CT molecular complexity index is 517. The van der Waals surface area contributed by atoms with Crippen LogP contribution < -0.4 is 21.9 Å². The molecule has 5 N–H and O–H groups in total. The van der Waals surface area contributed by atoms with E-state index in [1.807, 2.05) is 5.43 Å². The molecule has 0 saturated heterocycles. The van der Waals surface area contributed by atoms with Gasteiger partial charge in [-0.25, -0.2) is 15.8 Å². The molecule has 10 heteroatoms. The van der Waals surface area contributed by atoms with E-state index in [1.54, 1.807) is 13.8 Å². The van der Waals surface area contributed by atoms with Gasteiger partial charge in [-0.15, -0.1) is 0 Å². The van der Waals surface area contributed by atoms with Crippen LogP contribution in [0.15, 0.2) is 6.07 Å². The molecule has 1 amide bonds. The predicted octanol–water partition coefficient (Wildman–Crippen LogP) is 0.965. The molecule has 21 heavy (non-hydrogen) atoms. The van der Waals surface area contributed by atoms with Crippen molar-refractivity contribution in [2.45, 2.75) is 20.0 Å². The average molecular weight is 306 g/mol. The lowest BCUT2D eigenvalue weighted by atomic mass is 9.92. The maximum absolute atomic E-state index is 12.7. The number of aromatic nitrogens is 2. The lowest BCUT2D eigenvalue weighted by molar-refractivity contribution is -0.144. The topological polar surface area (TPSA) is 105 Å². The van der Waals surface area contributed by atoms with Gasteiger partial charge in [0.25, 0.3) is 0 Å². The zero-order valence-corrected chi connectivity index (χ0v) is 11.8. The van der Waals surface area contributed by atoms with Gasteiger partial charge in [0, 0.05) is 19.7 Å². The highest BCUT2D eigenvalue weighted by molar-refractivity contribution is 5.82. The Hall–Kier alpha value is -2.10. The molecule has 0 atom stereocenters. The van der Waals surface area contributed by atoms with Crippen molar-refractivity contribution in [1.29, 1.82) is 0 Å². The lowest BCUT2D eigenvalue weighted by Gasteiger charge is -2.23. The number of nitrogens with one attached hydrogen (secondary N) is 3. The Morgan fingerprint density at radius 1 is 1.29 bits per heavy atom. The minimum atomic E-state index is -4.69. The van der Waals surface area contributed by atoms with Gasteiger partial charge in [0.2, 0.25) is 11.7 Å². The third-order valence-electron chi connectivity index (χ3n) is 2.68. The monoisotopic (exact) mass is 306 g/mol. The van der Waals surface area contributed by atoms with E-state index in [0.717, 1.165) is 0 Å². The number of carbonyl (C=O) groups is 1. The molecule has 0 spiro atoms. The van der Waals surface area contributed by atoms with E-state index >= 15 is 0 Å². The van der Waals surface area contributed by atoms with Crippen LogP contribution in [0.2, 0.25) is 0 Å². The van der Waals surface area contributed by atoms with Crippen LogP contribution in [0, 0.1) is 5.41 Å². The minimum absolute atomic E-state index is 0.0812. The third kappa shape index (κ3) is 4.45. The highest BCUT2D eigenvalue weighted by atomic mass is 19.4. The Morgan fingerprint density at radius 2 is 1.86 bits per heavy atom. The SMILES string of the molecule is CNC(=O)C(C)(C)CNc1cc(NN)nc(C(F)(F)F)n1. The first-order valence-electron chi connectivity index (χ1n) is 5.99. The second kappa shape index (κ2) is 6.12. The largest absolute Gasteiger partial charge is 0.451 e. The van der Waals surface area contributed by atoms with Crippen LogP contribution in [0.1, 0.15) is 19.7 Å². The number of alkyl halides is 3. The summed E-state index contributed by atoms with van der Waals surface area (Å²) in [5, 5.41) is 5.16. The number of carbonyl (C=O) groups excluding carboxylic acids is 1. The minimum Gasteiger partial charge on any atom is -0.369 e. The van der Waals surface area contributed by atoms with E-state index in [4.69, 9.17) is 5.84 Å². The summed E-state index contributed by atoms with van der Waals surface area (Å²) in [5.41, 5.74) is 1.22. The first-order chi connectivity index (χ1) is 9.60. The van der Waals surface area contributed by atoms with Crippen LogP contribution in [0.3, 0.4) is 0 Å². The number of rotatable bonds is 5. The van der Waals surface area contributed by atoms with Crippen molar-refractivity contribution in [3.05, 3.63) is 11.9 Å². The van der Waals surface area contributed by atoms with Gasteiger partial charge in [0.15, 0.2) is 0 Å². The highest BCUT2D eigenvalue weighted by Crippen LogP contribution is 2.28. The van der Waals surface area contributed by atoms with Gasteiger partial charge in [-0.1, -0.05) is 0 Å². The maximum atomic E-state index is 12.7. The van der Waals surface area contributed by atoms with Crippen molar-refractivity contribution in [2.24, 2.45) is 11.3 Å². The molecule has 1 rings (SSSR count). The van der Waals surface area contributed by atoms with Crippen molar-refractivity contribution in [3.8, 4) is 0 Å². The van der Waals surface area contributed by atoms with Crippen LogP contribution in [-0.4, -0.2) is 29.5 Å². The fourth-order valence-electron chi connectivity index (χ4n) is 1.47. The van der Waals surface area contributed by atoms with Crippen molar-refractivity contribution < 1.29 is 18.0 Å². The number of hydrazine groups is 1.